The number of nitrogens with zero attached hydrogens (tertiary/aromatic N) is 2. The van der Waals surface area contributed by atoms with Crippen molar-refractivity contribution >= 4 is 11.3 Å². The maximum Gasteiger partial charge on any atom is 0.0794 e. The molecule has 1 aromatic rings. The van der Waals surface area contributed by atoms with Crippen LogP contribution in [0.4, 0.5) is 0 Å². The fourth-order valence-electron chi connectivity index (χ4n) is 1.53. The van der Waals surface area contributed by atoms with Gasteiger partial charge >= 0.3 is 0 Å². The van der Waals surface area contributed by atoms with Gasteiger partial charge in [0.25, 0.3) is 0 Å². The van der Waals surface area contributed by atoms with E-state index in [4.69, 9.17) is 5.73 Å². The number of hydrogen-bond acceptors (Lipinski definition) is 4. The summed E-state index contributed by atoms with van der Waals surface area (Å²) in [5, 5.41) is 0. The van der Waals surface area contributed by atoms with E-state index in [1.54, 1.807) is 11.3 Å². The molecule has 0 saturated carbocycles. The maximum absolute atomic E-state index is 6.05. The number of thiazole rings is 1. The van der Waals surface area contributed by atoms with Gasteiger partial charge in [0.1, 0.15) is 0 Å². The quantitative estimate of drug-likeness (QED) is 0.832. The highest BCUT2D eigenvalue weighted by Crippen LogP contribution is 2.22. The van der Waals surface area contributed by atoms with Gasteiger partial charge in [0, 0.05) is 23.2 Å². The molecule has 1 rings (SSSR count). The van der Waals surface area contributed by atoms with E-state index in [0.29, 0.717) is 18.0 Å². The molecule has 2 atom stereocenters. The van der Waals surface area contributed by atoms with Crippen molar-refractivity contribution in [2.45, 2.75) is 39.3 Å². The van der Waals surface area contributed by atoms with E-state index in [9.17, 15) is 0 Å². The minimum atomic E-state index is 0.302. The maximum atomic E-state index is 6.05. The zero-order chi connectivity index (χ0) is 12.1. The molecule has 4 heteroatoms. The van der Waals surface area contributed by atoms with E-state index < -0.39 is 0 Å². The first-order chi connectivity index (χ1) is 7.52. The topological polar surface area (TPSA) is 42.1 Å². The molecule has 0 amide bonds. The molecule has 0 aliphatic carbocycles. The minimum Gasteiger partial charge on any atom is -0.327 e. The molecule has 0 aromatic carbocycles. The summed E-state index contributed by atoms with van der Waals surface area (Å²) in [5.41, 5.74) is 7.94. The second kappa shape index (κ2) is 6.33. The van der Waals surface area contributed by atoms with Crippen molar-refractivity contribution < 1.29 is 0 Å². The van der Waals surface area contributed by atoms with Gasteiger partial charge in [0.2, 0.25) is 0 Å². The molecule has 0 radical (unpaired) electrons. The monoisotopic (exact) mass is 241 g/mol. The summed E-state index contributed by atoms with van der Waals surface area (Å²) >= 11 is 1.72. The van der Waals surface area contributed by atoms with Crippen molar-refractivity contribution in [2.75, 3.05) is 13.6 Å². The molecule has 0 aliphatic rings. The van der Waals surface area contributed by atoms with Crippen LogP contribution in [0.1, 0.15) is 38.1 Å². The van der Waals surface area contributed by atoms with Crippen LogP contribution in [0, 0.1) is 5.92 Å². The lowest BCUT2D eigenvalue weighted by Crippen LogP contribution is -2.32. The highest BCUT2D eigenvalue weighted by atomic mass is 32.1. The zero-order valence-corrected chi connectivity index (χ0v) is 11.5. The summed E-state index contributed by atoms with van der Waals surface area (Å²) in [6.45, 7) is 7.61. The number of aromatic nitrogens is 1. The molecule has 3 nitrogen and oxygen atoms in total. The lowest BCUT2D eigenvalue weighted by Gasteiger charge is -2.25. The van der Waals surface area contributed by atoms with Crippen LogP contribution in [-0.2, 0) is 0 Å². The van der Waals surface area contributed by atoms with Crippen molar-refractivity contribution in [1.82, 2.24) is 9.88 Å². The van der Waals surface area contributed by atoms with Gasteiger partial charge in [-0.25, -0.2) is 0 Å². The van der Waals surface area contributed by atoms with Gasteiger partial charge in [-0.3, -0.25) is 9.88 Å². The largest absolute Gasteiger partial charge is 0.327 e. The van der Waals surface area contributed by atoms with Crippen LogP contribution in [-0.4, -0.2) is 29.5 Å². The molecule has 0 bridgehead atoms. The van der Waals surface area contributed by atoms with Gasteiger partial charge in [-0.1, -0.05) is 13.8 Å². The first kappa shape index (κ1) is 13.6. The predicted octanol–water partition coefficient (Wildman–Crippen LogP) is 2.51. The summed E-state index contributed by atoms with van der Waals surface area (Å²) in [5.74, 6) is 0.562. The van der Waals surface area contributed by atoms with Crippen LogP contribution in [0.15, 0.2) is 11.7 Å². The Balaban J connectivity index is 2.38. The Morgan fingerprint density at radius 2 is 2.12 bits per heavy atom. The Bertz CT molecular complexity index is 284. The summed E-state index contributed by atoms with van der Waals surface area (Å²) in [6, 6.07) is 0.739. The number of hydrogen-bond donors (Lipinski definition) is 1. The normalized spacial score (nSPS) is 15.7. The van der Waals surface area contributed by atoms with Gasteiger partial charge in [-0.05, 0) is 32.9 Å². The average molecular weight is 241 g/mol. The van der Waals surface area contributed by atoms with E-state index >= 15 is 0 Å². The Labute approximate surface area is 103 Å². The standard InChI is InChI=1S/C12H23N3S/c1-9(2)11(13)5-6-15(4)10(3)12-7-14-8-16-12/h7-11H,5-6,13H2,1-4H3. The molecular formula is C12H23N3S. The lowest BCUT2D eigenvalue weighted by molar-refractivity contribution is 0.246. The molecule has 1 aromatic heterocycles. The molecule has 2 unspecified atom stereocenters. The summed E-state index contributed by atoms with van der Waals surface area (Å²) < 4.78 is 0. The SMILES string of the molecule is CC(C)C(N)CCN(C)C(C)c1cncs1. The predicted molar refractivity (Wildman–Crippen MR) is 70.6 cm³/mol. The highest BCUT2D eigenvalue weighted by Gasteiger charge is 2.15. The first-order valence-corrected chi connectivity index (χ1v) is 6.74. The van der Waals surface area contributed by atoms with Gasteiger partial charge in [0.15, 0.2) is 0 Å². The molecule has 16 heavy (non-hydrogen) atoms. The Morgan fingerprint density at radius 1 is 1.44 bits per heavy atom. The van der Waals surface area contributed by atoms with Crippen LogP contribution in [0.3, 0.4) is 0 Å². The van der Waals surface area contributed by atoms with Crippen molar-refractivity contribution in [1.29, 1.82) is 0 Å². The van der Waals surface area contributed by atoms with E-state index in [-0.39, 0.29) is 0 Å². The second-order valence-corrected chi connectivity index (χ2v) is 5.67. The third-order valence-corrected chi connectivity index (χ3v) is 4.14. The van der Waals surface area contributed by atoms with E-state index in [0.717, 1.165) is 13.0 Å². The molecule has 92 valence electrons. The van der Waals surface area contributed by atoms with Crippen molar-refractivity contribution in [3.8, 4) is 0 Å². The molecule has 1 heterocycles. The van der Waals surface area contributed by atoms with Crippen molar-refractivity contribution in [3.05, 3.63) is 16.6 Å². The first-order valence-electron chi connectivity index (χ1n) is 5.86. The number of nitrogens with two attached hydrogens (primary N) is 1. The Morgan fingerprint density at radius 3 is 2.62 bits per heavy atom. The fourth-order valence-corrected chi connectivity index (χ4v) is 2.27. The van der Waals surface area contributed by atoms with Gasteiger partial charge in [-0.15, -0.1) is 11.3 Å². The fraction of sp³-hybridized carbons (Fsp3) is 0.750. The van der Waals surface area contributed by atoms with Crippen LogP contribution >= 0.6 is 11.3 Å². The van der Waals surface area contributed by atoms with Gasteiger partial charge < -0.3 is 5.73 Å². The zero-order valence-electron chi connectivity index (χ0n) is 10.7. The second-order valence-electron chi connectivity index (χ2n) is 4.76. The summed E-state index contributed by atoms with van der Waals surface area (Å²) in [7, 11) is 2.15. The molecule has 0 spiro atoms. The Kier molecular flexibility index (Phi) is 5.38. The van der Waals surface area contributed by atoms with Crippen LogP contribution in [0.2, 0.25) is 0 Å². The molecule has 0 aliphatic heterocycles. The third-order valence-electron chi connectivity index (χ3n) is 3.20. The summed E-state index contributed by atoms with van der Waals surface area (Å²) in [6.07, 6.45) is 3.01. The lowest BCUT2D eigenvalue weighted by atomic mass is 10.0. The third kappa shape index (κ3) is 3.85. The van der Waals surface area contributed by atoms with Crippen LogP contribution in [0.5, 0.6) is 0 Å². The van der Waals surface area contributed by atoms with Crippen molar-refractivity contribution in [3.63, 3.8) is 0 Å². The van der Waals surface area contributed by atoms with Gasteiger partial charge in [-0.2, -0.15) is 0 Å². The number of rotatable bonds is 6. The van der Waals surface area contributed by atoms with E-state index in [1.807, 2.05) is 11.7 Å². The average Bonchev–Trinajstić information content (AvgIpc) is 2.77. The minimum absolute atomic E-state index is 0.302. The molecule has 0 fully saturated rings. The van der Waals surface area contributed by atoms with Crippen LogP contribution in [0.25, 0.3) is 0 Å². The molecule has 2 N–H and O–H groups in total. The smallest absolute Gasteiger partial charge is 0.0794 e. The van der Waals surface area contributed by atoms with E-state index in [2.05, 4.69) is 37.7 Å². The summed E-state index contributed by atoms with van der Waals surface area (Å²) in [4.78, 5) is 7.78. The molecule has 0 saturated heterocycles. The van der Waals surface area contributed by atoms with Crippen LogP contribution < -0.4 is 5.73 Å². The van der Waals surface area contributed by atoms with Gasteiger partial charge in [0.05, 0.1) is 5.51 Å². The molecular weight excluding hydrogens is 218 g/mol. The van der Waals surface area contributed by atoms with E-state index in [1.165, 1.54) is 4.88 Å². The Hall–Kier alpha value is -0.450. The highest BCUT2D eigenvalue weighted by molar-refractivity contribution is 7.09. The van der Waals surface area contributed by atoms with Crippen molar-refractivity contribution in [2.24, 2.45) is 11.7 Å².